The first-order valence-electron chi connectivity index (χ1n) is 8.56. The quantitative estimate of drug-likeness (QED) is 0.796. The van der Waals surface area contributed by atoms with Crippen molar-refractivity contribution in [3.05, 3.63) is 54.6 Å². The molecule has 0 spiro atoms. The summed E-state index contributed by atoms with van der Waals surface area (Å²) in [5.74, 6) is -1.42. The normalized spacial score (nSPS) is 14.6. The summed E-state index contributed by atoms with van der Waals surface area (Å²) < 4.78 is 5.17. The predicted octanol–water partition coefficient (Wildman–Crippen LogP) is 2.49. The molecule has 2 N–H and O–H groups in total. The first-order valence-corrected chi connectivity index (χ1v) is 8.56. The third-order valence-electron chi connectivity index (χ3n) is 4.06. The third kappa shape index (κ3) is 4.58. The molecule has 0 saturated heterocycles. The van der Waals surface area contributed by atoms with Crippen molar-refractivity contribution in [1.29, 1.82) is 0 Å². The van der Waals surface area contributed by atoms with Crippen LogP contribution in [0.1, 0.15) is 19.8 Å². The second-order valence-electron chi connectivity index (χ2n) is 6.04. The van der Waals surface area contributed by atoms with E-state index >= 15 is 0 Å². The molecule has 1 aliphatic heterocycles. The maximum atomic E-state index is 12.5. The molecule has 138 valence electrons. The zero-order chi connectivity index (χ0) is 19.2. The van der Waals surface area contributed by atoms with Crippen molar-refractivity contribution >= 4 is 29.2 Å². The smallest absolute Gasteiger partial charge is 0.355 e. The van der Waals surface area contributed by atoms with Crippen LogP contribution in [0.25, 0.3) is 11.1 Å². The van der Waals surface area contributed by atoms with E-state index in [0.29, 0.717) is 5.69 Å². The van der Waals surface area contributed by atoms with E-state index in [-0.39, 0.29) is 24.5 Å². The molecule has 1 atom stereocenters. The molecule has 0 bridgehead atoms. The third-order valence-corrected chi connectivity index (χ3v) is 4.06. The molecule has 3 rings (SSSR count). The van der Waals surface area contributed by atoms with Crippen LogP contribution >= 0.6 is 0 Å². The summed E-state index contributed by atoms with van der Waals surface area (Å²) in [5, 5.41) is 6.47. The first kappa shape index (κ1) is 18.3. The van der Waals surface area contributed by atoms with Crippen LogP contribution in [0.2, 0.25) is 0 Å². The highest BCUT2D eigenvalue weighted by atomic mass is 16.5. The monoisotopic (exact) mass is 365 g/mol. The Bertz CT molecular complexity index is 893. The van der Waals surface area contributed by atoms with Gasteiger partial charge in [0.2, 0.25) is 5.91 Å². The Kier molecular flexibility index (Phi) is 5.61. The lowest BCUT2D eigenvalue weighted by molar-refractivity contribution is -0.146. The summed E-state index contributed by atoms with van der Waals surface area (Å²) >= 11 is 0. The molecule has 7 nitrogen and oxygen atoms in total. The summed E-state index contributed by atoms with van der Waals surface area (Å²) in [6.07, 6.45) is -0.656. The molecule has 1 unspecified atom stereocenters. The van der Waals surface area contributed by atoms with E-state index in [1.807, 2.05) is 48.5 Å². The number of hydrogen-bond acceptors (Lipinski definition) is 5. The average Bonchev–Trinajstić information content (AvgIpc) is 2.69. The molecule has 1 aliphatic rings. The lowest BCUT2D eigenvalue weighted by atomic mass is 10.0. The van der Waals surface area contributed by atoms with Crippen LogP contribution in [0.15, 0.2) is 59.7 Å². The van der Waals surface area contributed by atoms with Crippen LogP contribution in [0.3, 0.4) is 0 Å². The van der Waals surface area contributed by atoms with Gasteiger partial charge in [-0.25, -0.2) is 10.2 Å². The van der Waals surface area contributed by atoms with Gasteiger partial charge in [0.15, 0.2) is 6.10 Å². The number of para-hydroxylation sites is 1. The Morgan fingerprint density at radius 2 is 1.78 bits per heavy atom. The number of nitrogens with one attached hydrogen (secondary N) is 2. The van der Waals surface area contributed by atoms with Gasteiger partial charge >= 0.3 is 5.97 Å². The van der Waals surface area contributed by atoms with Gasteiger partial charge in [0.05, 0.1) is 0 Å². The number of hydrazone groups is 1. The standard InChI is InChI=1S/C20H19N3O4/c1-13(27-20(26)17-11-12-18(24)23-22-17)19(25)21-16-10-6-5-9-15(16)14-7-3-2-4-8-14/h2-10,13H,11-12H2,1H3,(H,21,25)(H,23,24). The van der Waals surface area contributed by atoms with Crippen molar-refractivity contribution < 1.29 is 19.1 Å². The number of hydrogen-bond donors (Lipinski definition) is 2. The van der Waals surface area contributed by atoms with Gasteiger partial charge in [-0.3, -0.25) is 9.59 Å². The van der Waals surface area contributed by atoms with Crippen LogP contribution < -0.4 is 10.7 Å². The van der Waals surface area contributed by atoms with Crippen LogP contribution in [0.5, 0.6) is 0 Å². The average molecular weight is 365 g/mol. The van der Waals surface area contributed by atoms with E-state index in [2.05, 4.69) is 15.8 Å². The highest BCUT2D eigenvalue weighted by Crippen LogP contribution is 2.27. The van der Waals surface area contributed by atoms with E-state index in [1.165, 1.54) is 6.92 Å². The van der Waals surface area contributed by atoms with Gasteiger partial charge in [0.1, 0.15) is 5.71 Å². The number of carbonyl (C=O) groups is 3. The lowest BCUT2D eigenvalue weighted by Gasteiger charge is -2.17. The van der Waals surface area contributed by atoms with Crippen LogP contribution in [-0.2, 0) is 19.1 Å². The molecular formula is C20H19N3O4. The number of nitrogens with zero attached hydrogens (tertiary/aromatic N) is 1. The lowest BCUT2D eigenvalue weighted by Crippen LogP contribution is -2.35. The Balaban J connectivity index is 1.67. The van der Waals surface area contributed by atoms with Gasteiger partial charge in [0, 0.05) is 24.1 Å². The minimum absolute atomic E-state index is 0.0962. The number of anilines is 1. The fourth-order valence-electron chi connectivity index (χ4n) is 2.60. The van der Waals surface area contributed by atoms with Crippen LogP contribution in [0, 0.1) is 0 Å². The van der Waals surface area contributed by atoms with E-state index in [9.17, 15) is 14.4 Å². The maximum Gasteiger partial charge on any atom is 0.355 e. The van der Waals surface area contributed by atoms with Crippen molar-refractivity contribution in [2.24, 2.45) is 5.10 Å². The van der Waals surface area contributed by atoms with Crippen molar-refractivity contribution in [1.82, 2.24) is 5.43 Å². The van der Waals surface area contributed by atoms with Gasteiger partial charge in [-0.1, -0.05) is 48.5 Å². The largest absolute Gasteiger partial charge is 0.448 e. The molecule has 7 heteroatoms. The summed E-state index contributed by atoms with van der Waals surface area (Å²) in [6, 6.07) is 17.0. The van der Waals surface area contributed by atoms with Crippen molar-refractivity contribution in [3.8, 4) is 11.1 Å². The van der Waals surface area contributed by atoms with E-state index in [0.717, 1.165) is 11.1 Å². The minimum atomic E-state index is -1.01. The van der Waals surface area contributed by atoms with Crippen molar-refractivity contribution in [2.75, 3.05) is 5.32 Å². The number of benzene rings is 2. The van der Waals surface area contributed by atoms with E-state index in [4.69, 9.17) is 4.74 Å². The molecule has 0 radical (unpaired) electrons. The SMILES string of the molecule is CC(OC(=O)C1=NNC(=O)CC1)C(=O)Nc1ccccc1-c1ccccc1. The van der Waals surface area contributed by atoms with Crippen LogP contribution in [-0.4, -0.2) is 29.6 Å². The number of esters is 1. The fourth-order valence-corrected chi connectivity index (χ4v) is 2.60. The zero-order valence-corrected chi connectivity index (χ0v) is 14.8. The van der Waals surface area contributed by atoms with E-state index < -0.39 is 18.0 Å². The second-order valence-corrected chi connectivity index (χ2v) is 6.04. The highest BCUT2D eigenvalue weighted by Gasteiger charge is 2.24. The molecule has 2 aromatic carbocycles. The molecule has 0 saturated carbocycles. The summed E-state index contributed by atoms with van der Waals surface area (Å²) in [4.78, 5) is 35.6. The van der Waals surface area contributed by atoms with E-state index in [1.54, 1.807) is 6.07 Å². The fraction of sp³-hybridized carbons (Fsp3) is 0.200. The number of amides is 2. The van der Waals surface area contributed by atoms with Gasteiger partial charge in [0.25, 0.3) is 5.91 Å². The molecule has 1 heterocycles. The molecule has 0 aliphatic carbocycles. The van der Waals surface area contributed by atoms with Gasteiger partial charge < -0.3 is 10.1 Å². The van der Waals surface area contributed by atoms with Gasteiger partial charge in [-0.15, -0.1) is 0 Å². The van der Waals surface area contributed by atoms with Crippen molar-refractivity contribution in [3.63, 3.8) is 0 Å². The predicted molar refractivity (Wildman–Crippen MR) is 101 cm³/mol. The Hall–Kier alpha value is -3.48. The molecular weight excluding hydrogens is 346 g/mol. The Labute approximate surface area is 156 Å². The number of carbonyl (C=O) groups excluding carboxylic acids is 3. The number of ether oxygens (including phenoxy) is 1. The second kappa shape index (κ2) is 8.27. The summed E-state index contributed by atoms with van der Waals surface area (Å²) in [6.45, 7) is 1.49. The zero-order valence-electron chi connectivity index (χ0n) is 14.8. The minimum Gasteiger partial charge on any atom is -0.448 e. The molecule has 2 amide bonds. The topological polar surface area (TPSA) is 96.9 Å². The van der Waals surface area contributed by atoms with Crippen LogP contribution in [0.4, 0.5) is 5.69 Å². The molecule has 0 aromatic heterocycles. The van der Waals surface area contributed by atoms with Gasteiger partial charge in [-0.2, -0.15) is 5.10 Å². The first-order chi connectivity index (χ1) is 13.0. The summed E-state index contributed by atoms with van der Waals surface area (Å²) in [7, 11) is 0. The molecule has 2 aromatic rings. The Morgan fingerprint density at radius 3 is 2.48 bits per heavy atom. The summed E-state index contributed by atoms with van der Waals surface area (Å²) in [5.41, 5.74) is 4.78. The van der Waals surface area contributed by atoms with Gasteiger partial charge in [-0.05, 0) is 18.6 Å². The van der Waals surface area contributed by atoms with Crippen molar-refractivity contribution in [2.45, 2.75) is 25.9 Å². The number of rotatable bonds is 5. The highest BCUT2D eigenvalue weighted by molar-refractivity contribution is 6.37. The molecule has 0 fully saturated rings. The Morgan fingerprint density at radius 1 is 1.07 bits per heavy atom. The molecule has 27 heavy (non-hydrogen) atoms. The maximum absolute atomic E-state index is 12.5.